The highest BCUT2D eigenvalue weighted by Crippen LogP contribution is 2.32. The van der Waals surface area contributed by atoms with Crippen LogP contribution in [0.4, 0.5) is 10.5 Å². The van der Waals surface area contributed by atoms with E-state index in [9.17, 15) is 9.59 Å². The topological polar surface area (TPSA) is 114 Å². The van der Waals surface area contributed by atoms with Crippen LogP contribution >= 0.6 is 0 Å². The first-order valence-electron chi connectivity index (χ1n) is 8.22. The maximum Gasteiger partial charge on any atom is 0.405 e. The van der Waals surface area contributed by atoms with Gasteiger partial charge in [-0.05, 0) is 57.2 Å². The summed E-state index contributed by atoms with van der Waals surface area (Å²) in [6.45, 7) is 4.80. The van der Waals surface area contributed by atoms with Crippen LogP contribution in [0.1, 0.15) is 19.5 Å². The molecule has 2 aromatic carbocycles. The lowest BCUT2D eigenvalue weighted by Gasteiger charge is -2.23. The molecule has 1 heterocycles. The number of carboxylic acid groups (broad SMARTS) is 1. The van der Waals surface area contributed by atoms with Gasteiger partial charge in [-0.3, -0.25) is 4.79 Å². The van der Waals surface area contributed by atoms with Crippen molar-refractivity contribution in [3.05, 3.63) is 48.2 Å². The Bertz CT molecular complexity index is 992. The zero-order valence-electron chi connectivity index (χ0n) is 15.1. The van der Waals surface area contributed by atoms with E-state index in [0.717, 1.165) is 11.1 Å². The second kappa shape index (κ2) is 6.99. The Kier molecular flexibility index (Phi) is 4.72. The summed E-state index contributed by atoms with van der Waals surface area (Å²) in [5.74, 6) is 0.724. The van der Waals surface area contributed by atoms with E-state index in [-0.39, 0.29) is 0 Å². The first-order chi connectivity index (χ1) is 12.8. The van der Waals surface area contributed by atoms with Crippen LogP contribution in [0.5, 0.6) is 11.5 Å². The molecule has 0 unspecified atom stereocenters. The number of carbonyl (C=O) groups is 2. The molecular formula is C19H19N3O5. The second-order valence-electron chi connectivity index (χ2n) is 6.53. The minimum absolute atomic E-state index is 0.469. The number of nitrogens with one attached hydrogen (secondary N) is 2. The number of benzene rings is 2. The molecule has 0 atom stereocenters. The molecule has 3 N–H and O–H groups in total. The summed E-state index contributed by atoms with van der Waals surface area (Å²) >= 11 is 0. The number of aryl methyl sites for hydroxylation is 1. The molecule has 0 radical (unpaired) electrons. The molecule has 0 aliphatic heterocycles. The van der Waals surface area contributed by atoms with Crippen LogP contribution in [0.3, 0.4) is 0 Å². The molecule has 8 nitrogen and oxygen atoms in total. The molecule has 3 rings (SSSR count). The molecule has 2 amide bonds. The molecule has 0 bridgehead atoms. The largest absolute Gasteiger partial charge is 0.465 e. The summed E-state index contributed by atoms with van der Waals surface area (Å²) in [5, 5.41) is 18.4. The monoisotopic (exact) mass is 369 g/mol. The fraction of sp³-hybridized carbons (Fsp3) is 0.211. The number of ether oxygens (including phenoxy) is 1. The number of amides is 2. The van der Waals surface area contributed by atoms with Crippen molar-refractivity contribution in [2.75, 3.05) is 5.32 Å². The average molecular weight is 369 g/mol. The van der Waals surface area contributed by atoms with Gasteiger partial charge in [-0.25, -0.2) is 4.79 Å². The standard InChI is InChI=1S/C19H19N3O5/c1-11-16-14(5-4-6-15(16)27-22-11)26-13-9-7-12(8-10-13)20-17(23)19(2,3)21-18(24)25/h4-10,21H,1-3H3,(H,20,23)(H,24,25). The molecular weight excluding hydrogens is 350 g/mol. The summed E-state index contributed by atoms with van der Waals surface area (Å²) in [7, 11) is 0. The number of hydrogen-bond acceptors (Lipinski definition) is 5. The zero-order valence-corrected chi connectivity index (χ0v) is 15.1. The Morgan fingerprint density at radius 3 is 2.52 bits per heavy atom. The number of aromatic nitrogens is 1. The van der Waals surface area contributed by atoms with E-state index >= 15 is 0 Å². The molecule has 0 spiro atoms. The van der Waals surface area contributed by atoms with Crippen LogP contribution in [0.25, 0.3) is 11.0 Å². The fourth-order valence-corrected chi connectivity index (χ4v) is 2.54. The van der Waals surface area contributed by atoms with Crippen molar-refractivity contribution in [3.63, 3.8) is 0 Å². The highest BCUT2D eigenvalue weighted by molar-refractivity contribution is 5.99. The lowest BCUT2D eigenvalue weighted by atomic mass is 10.0. The van der Waals surface area contributed by atoms with Crippen molar-refractivity contribution in [1.82, 2.24) is 10.5 Å². The van der Waals surface area contributed by atoms with Crippen LogP contribution < -0.4 is 15.4 Å². The molecule has 27 heavy (non-hydrogen) atoms. The highest BCUT2D eigenvalue weighted by atomic mass is 16.5. The highest BCUT2D eigenvalue weighted by Gasteiger charge is 2.29. The maximum atomic E-state index is 12.2. The minimum Gasteiger partial charge on any atom is -0.465 e. The van der Waals surface area contributed by atoms with Gasteiger partial charge in [0.15, 0.2) is 5.58 Å². The predicted octanol–water partition coefficient (Wildman–Crippen LogP) is 3.91. The Labute approximate surface area is 155 Å². The second-order valence-corrected chi connectivity index (χ2v) is 6.53. The van der Waals surface area contributed by atoms with Crippen molar-refractivity contribution in [1.29, 1.82) is 0 Å². The summed E-state index contributed by atoms with van der Waals surface area (Å²) in [6, 6.07) is 12.2. The number of anilines is 1. The molecule has 0 saturated heterocycles. The molecule has 140 valence electrons. The van der Waals surface area contributed by atoms with Crippen molar-refractivity contribution in [2.45, 2.75) is 26.3 Å². The van der Waals surface area contributed by atoms with E-state index < -0.39 is 17.5 Å². The van der Waals surface area contributed by atoms with Crippen molar-refractivity contribution in [3.8, 4) is 11.5 Å². The van der Waals surface area contributed by atoms with E-state index in [2.05, 4.69) is 15.8 Å². The van der Waals surface area contributed by atoms with Gasteiger partial charge >= 0.3 is 6.09 Å². The summed E-state index contributed by atoms with van der Waals surface area (Å²) in [5.41, 5.74) is 0.634. The molecule has 0 fully saturated rings. The first kappa shape index (κ1) is 18.2. The van der Waals surface area contributed by atoms with Gasteiger partial charge in [0, 0.05) is 5.69 Å². The normalized spacial score (nSPS) is 11.2. The molecule has 8 heteroatoms. The Morgan fingerprint density at radius 2 is 1.85 bits per heavy atom. The van der Waals surface area contributed by atoms with E-state index in [0.29, 0.717) is 22.8 Å². The van der Waals surface area contributed by atoms with Gasteiger partial charge in [0.05, 0.1) is 11.1 Å². The summed E-state index contributed by atoms with van der Waals surface area (Å²) in [4.78, 5) is 23.0. The summed E-state index contributed by atoms with van der Waals surface area (Å²) in [6.07, 6.45) is -1.27. The van der Waals surface area contributed by atoms with Gasteiger partial charge in [0.25, 0.3) is 0 Å². The summed E-state index contributed by atoms with van der Waals surface area (Å²) < 4.78 is 11.1. The SMILES string of the molecule is Cc1noc2cccc(Oc3ccc(NC(=O)C(C)(C)NC(=O)O)cc3)c12. The van der Waals surface area contributed by atoms with Crippen LogP contribution in [0.15, 0.2) is 47.0 Å². The molecule has 0 aliphatic rings. The fourth-order valence-electron chi connectivity index (χ4n) is 2.54. The Morgan fingerprint density at radius 1 is 1.15 bits per heavy atom. The third kappa shape index (κ3) is 4.00. The number of carbonyl (C=O) groups excluding carboxylic acids is 1. The van der Waals surface area contributed by atoms with Crippen LogP contribution in [0.2, 0.25) is 0 Å². The zero-order chi connectivity index (χ0) is 19.6. The van der Waals surface area contributed by atoms with E-state index in [4.69, 9.17) is 14.4 Å². The van der Waals surface area contributed by atoms with Crippen LogP contribution in [0, 0.1) is 6.92 Å². The van der Waals surface area contributed by atoms with Crippen LogP contribution in [-0.2, 0) is 4.79 Å². The van der Waals surface area contributed by atoms with Gasteiger partial charge in [-0.15, -0.1) is 0 Å². The Hall–Kier alpha value is -3.55. The Balaban J connectivity index is 1.73. The van der Waals surface area contributed by atoms with Crippen molar-refractivity contribution < 1.29 is 24.0 Å². The third-order valence-electron chi connectivity index (χ3n) is 3.96. The van der Waals surface area contributed by atoms with Crippen molar-refractivity contribution in [2.24, 2.45) is 0 Å². The van der Waals surface area contributed by atoms with Crippen molar-refractivity contribution >= 4 is 28.7 Å². The van der Waals surface area contributed by atoms with E-state index in [1.54, 1.807) is 24.3 Å². The smallest absolute Gasteiger partial charge is 0.405 e. The number of fused-ring (bicyclic) bond motifs is 1. The predicted molar refractivity (Wildman–Crippen MR) is 99.1 cm³/mol. The number of rotatable bonds is 5. The molecule has 3 aromatic rings. The lowest BCUT2D eigenvalue weighted by molar-refractivity contribution is -0.121. The van der Waals surface area contributed by atoms with Gasteiger partial charge < -0.3 is 25.0 Å². The van der Waals surface area contributed by atoms with Gasteiger partial charge in [-0.1, -0.05) is 11.2 Å². The average Bonchev–Trinajstić information content (AvgIpc) is 2.98. The lowest BCUT2D eigenvalue weighted by Crippen LogP contribution is -2.51. The molecule has 0 aliphatic carbocycles. The van der Waals surface area contributed by atoms with Gasteiger partial charge in [0.1, 0.15) is 17.0 Å². The maximum absolute atomic E-state index is 12.2. The van der Waals surface area contributed by atoms with Gasteiger partial charge in [0.2, 0.25) is 5.91 Å². The van der Waals surface area contributed by atoms with E-state index in [1.165, 1.54) is 13.8 Å². The first-order valence-corrected chi connectivity index (χ1v) is 8.22. The minimum atomic E-state index is -1.27. The van der Waals surface area contributed by atoms with E-state index in [1.807, 2.05) is 25.1 Å². The molecule has 1 aromatic heterocycles. The number of nitrogens with zero attached hydrogens (tertiary/aromatic N) is 1. The van der Waals surface area contributed by atoms with Gasteiger partial charge in [-0.2, -0.15) is 0 Å². The quantitative estimate of drug-likeness (QED) is 0.628. The number of hydrogen-bond donors (Lipinski definition) is 3. The third-order valence-corrected chi connectivity index (χ3v) is 3.96. The molecule has 0 saturated carbocycles. The van der Waals surface area contributed by atoms with Crippen LogP contribution in [-0.4, -0.2) is 27.8 Å².